The molecule has 0 aromatic heterocycles. The van der Waals surface area contributed by atoms with Crippen LogP contribution in [-0.4, -0.2) is 42.3 Å². The largest absolute Gasteiger partial charge is 0.368 e. The number of carbonyl (C=O) groups is 2. The molecule has 0 aliphatic carbocycles. The highest BCUT2D eigenvalue weighted by molar-refractivity contribution is 8.15. The van der Waals surface area contributed by atoms with Crippen molar-refractivity contribution in [2.45, 2.75) is 17.4 Å². The van der Waals surface area contributed by atoms with Gasteiger partial charge in [-0.1, -0.05) is 6.08 Å². The number of primary amides is 1. The lowest BCUT2D eigenvalue weighted by Crippen LogP contribution is -2.49. The zero-order valence-electron chi connectivity index (χ0n) is 10.0. The van der Waals surface area contributed by atoms with Gasteiger partial charge in [0.25, 0.3) is 10.0 Å². The predicted octanol–water partition coefficient (Wildman–Crippen LogP) is -0.190. The molecule has 0 radical (unpaired) electrons. The molecule has 0 bridgehead atoms. The quantitative estimate of drug-likeness (QED) is 0.746. The van der Waals surface area contributed by atoms with Gasteiger partial charge in [-0.3, -0.25) is 4.79 Å². The number of amides is 3. The first-order valence-electron chi connectivity index (χ1n) is 5.08. The lowest BCUT2D eigenvalue weighted by molar-refractivity contribution is -0.117. The Balaban J connectivity index is 2.79. The summed E-state index contributed by atoms with van der Waals surface area (Å²) in [6, 6.07) is -0.873. The highest BCUT2D eigenvalue weighted by atomic mass is 32.3. The number of allylic oxidation sites excluding steroid dienone is 1. The van der Waals surface area contributed by atoms with Gasteiger partial charge in [0.2, 0.25) is 5.91 Å². The summed E-state index contributed by atoms with van der Waals surface area (Å²) in [5.41, 5.74) is 4.86. The second-order valence-corrected chi connectivity index (χ2v) is 7.99. The lowest BCUT2D eigenvalue weighted by atomic mass is 10.3. The maximum Gasteiger partial charge on any atom is 0.331 e. The molecule has 0 aromatic rings. The molecule has 0 saturated heterocycles. The molecule has 3 N–H and O–H groups in total. The highest BCUT2D eigenvalue weighted by Gasteiger charge is 2.45. The van der Waals surface area contributed by atoms with Crippen molar-refractivity contribution >= 4 is 33.7 Å². The van der Waals surface area contributed by atoms with E-state index < -0.39 is 32.6 Å². The van der Waals surface area contributed by atoms with Gasteiger partial charge < -0.3 is 11.1 Å². The Kier molecular flexibility index (Phi) is 4.28. The third-order valence-corrected chi connectivity index (χ3v) is 6.57. The molecule has 3 amide bonds. The molecule has 1 unspecified atom stereocenters. The van der Waals surface area contributed by atoms with Crippen molar-refractivity contribution in [2.75, 3.05) is 13.6 Å². The van der Waals surface area contributed by atoms with Crippen LogP contribution in [0.25, 0.3) is 0 Å². The number of carbonyl (C=O) groups excluding carboxylic acids is 2. The average molecular weight is 293 g/mol. The minimum absolute atomic E-state index is 0.327. The summed E-state index contributed by atoms with van der Waals surface area (Å²) in [7, 11) is -2.67. The Labute approximate surface area is 110 Å². The first-order valence-corrected chi connectivity index (χ1v) is 7.40. The first-order chi connectivity index (χ1) is 8.21. The van der Waals surface area contributed by atoms with Crippen molar-refractivity contribution < 1.29 is 18.0 Å². The fraction of sp³-hybridized carbons (Fsp3) is 0.556. The highest BCUT2D eigenvalue weighted by Crippen LogP contribution is 2.41. The van der Waals surface area contributed by atoms with Gasteiger partial charge in [0.1, 0.15) is 4.08 Å². The van der Waals surface area contributed by atoms with Crippen LogP contribution >= 0.6 is 11.8 Å². The van der Waals surface area contributed by atoms with Crippen molar-refractivity contribution in [3.63, 3.8) is 0 Å². The van der Waals surface area contributed by atoms with Crippen LogP contribution in [0.3, 0.4) is 0 Å². The summed E-state index contributed by atoms with van der Waals surface area (Å²) in [6.07, 6.45) is 2.06. The van der Waals surface area contributed by atoms with Crippen LogP contribution in [0.4, 0.5) is 4.79 Å². The third-order valence-electron chi connectivity index (χ3n) is 2.51. The van der Waals surface area contributed by atoms with Crippen molar-refractivity contribution in [3.05, 3.63) is 11.5 Å². The molecular formula is C9H15N3O4S2. The predicted molar refractivity (Wildman–Crippen MR) is 69.0 cm³/mol. The van der Waals surface area contributed by atoms with Crippen LogP contribution in [0.2, 0.25) is 0 Å². The molecule has 9 heteroatoms. The monoisotopic (exact) mass is 293 g/mol. The van der Waals surface area contributed by atoms with Crippen LogP contribution in [0, 0.1) is 0 Å². The number of hydrogen-bond acceptors (Lipinski definition) is 5. The Hall–Kier alpha value is -1.22. The van der Waals surface area contributed by atoms with E-state index in [0.717, 1.165) is 18.8 Å². The second-order valence-electron chi connectivity index (χ2n) is 3.93. The number of hydrogen-bond donors (Lipinski definition) is 2. The zero-order valence-corrected chi connectivity index (χ0v) is 11.7. The van der Waals surface area contributed by atoms with Gasteiger partial charge in [-0.25, -0.2) is 17.5 Å². The number of nitrogens with zero attached hydrogens (tertiary/aromatic N) is 1. The van der Waals surface area contributed by atoms with Crippen LogP contribution in [0.1, 0.15) is 13.3 Å². The van der Waals surface area contributed by atoms with Gasteiger partial charge in [-0.2, -0.15) is 0 Å². The van der Waals surface area contributed by atoms with E-state index in [2.05, 4.69) is 5.32 Å². The van der Waals surface area contributed by atoms with Gasteiger partial charge in [-0.05, 0) is 18.8 Å². The van der Waals surface area contributed by atoms with E-state index >= 15 is 0 Å². The van der Waals surface area contributed by atoms with Gasteiger partial charge in [0, 0.05) is 7.05 Å². The van der Waals surface area contributed by atoms with Crippen LogP contribution < -0.4 is 11.1 Å². The van der Waals surface area contributed by atoms with Crippen LogP contribution in [0.15, 0.2) is 11.5 Å². The maximum atomic E-state index is 12.2. The van der Waals surface area contributed by atoms with Gasteiger partial charge in [-0.15, -0.1) is 11.8 Å². The van der Waals surface area contributed by atoms with Crippen molar-refractivity contribution in [1.82, 2.24) is 9.62 Å². The Bertz CT molecular complexity index is 478. The van der Waals surface area contributed by atoms with Gasteiger partial charge >= 0.3 is 6.03 Å². The van der Waals surface area contributed by atoms with E-state index in [1.807, 2.05) is 0 Å². The Morgan fingerprint density at radius 1 is 1.56 bits per heavy atom. The maximum absolute atomic E-state index is 12.2. The van der Waals surface area contributed by atoms with E-state index in [1.165, 1.54) is 0 Å². The lowest BCUT2D eigenvalue weighted by Gasteiger charge is -2.28. The molecule has 1 aliphatic heterocycles. The molecule has 1 aliphatic rings. The normalized spacial score (nSPS) is 22.8. The summed E-state index contributed by atoms with van der Waals surface area (Å²) < 4.78 is 24.0. The number of sulfonamides is 1. The molecule has 0 fully saturated rings. The molecule has 7 nitrogen and oxygen atoms in total. The van der Waals surface area contributed by atoms with E-state index in [9.17, 15) is 18.0 Å². The molecule has 0 spiro atoms. The number of nitrogens with two attached hydrogens (primary N) is 1. The minimum atomic E-state index is -3.82. The SMILES string of the molecule is CN(C(=O)NCC(N)=O)S(=O)(=O)C1(C)CC=CS1. The van der Waals surface area contributed by atoms with E-state index in [4.69, 9.17) is 5.73 Å². The standard InChI is InChI=1S/C9H15N3O4S2/c1-9(4-3-5-17-9)18(15,16)12(2)8(14)11-6-7(10)13/h3,5H,4,6H2,1-2H3,(H2,10,13)(H,11,14). The topological polar surface area (TPSA) is 110 Å². The van der Waals surface area contributed by atoms with E-state index in [1.54, 1.807) is 18.4 Å². The average Bonchev–Trinajstić information content (AvgIpc) is 2.73. The van der Waals surface area contributed by atoms with E-state index in [0.29, 0.717) is 10.7 Å². The third kappa shape index (κ3) is 2.78. The van der Waals surface area contributed by atoms with Crippen LogP contribution in [0.5, 0.6) is 0 Å². The first kappa shape index (κ1) is 14.8. The van der Waals surface area contributed by atoms with Gasteiger partial charge in [0.05, 0.1) is 6.54 Å². The summed E-state index contributed by atoms with van der Waals surface area (Å²) in [5.74, 6) is -0.739. The molecule has 0 aromatic carbocycles. The molecule has 1 atom stereocenters. The Morgan fingerprint density at radius 2 is 2.17 bits per heavy atom. The summed E-state index contributed by atoms with van der Waals surface area (Å²) >= 11 is 1.14. The number of rotatable bonds is 4. The van der Waals surface area contributed by atoms with Crippen molar-refractivity contribution in [1.29, 1.82) is 0 Å². The number of urea groups is 1. The fourth-order valence-electron chi connectivity index (χ4n) is 1.34. The molecule has 1 rings (SSSR count). The van der Waals surface area contributed by atoms with Crippen LogP contribution in [-0.2, 0) is 14.8 Å². The number of thioether (sulfide) groups is 1. The molecule has 1 heterocycles. The fourth-order valence-corrected chi connectivity index (χ4v) is 4.17. The smallest absolute Gasteiger partial charge is 0.331 e. The second kappa shape index (κ2) is 5.19. The summed E-state index contributed by atoms with van der Waals surface area (Å²) in [4.78, 5) is 22.1. The van der Waals surface area contributed by atoms with Crippen molar-refractivity contribution in [2.24, 2.45) is 5.73 Å². The molecule has 102 valence electrons. The minimum Gasteiger partial charge on any atom is -0.368 e. The van der Waals surface area contributed by atoms with E-state index in [-0.39, 0.29) is 0 Å². The molecule has 0 saturated carbocycles. The summed E-state index contributed by atoms with van der Waals surface area (Å²) in [5, 5.41) is 3.82. The Morgan fingerprint density at radius 3 is 2.61 bits per heavy atom. The number of nitrogens with one attached hydrogen (secondary N) is 1. The molecule has 18 heavy (non-hydrogen) atoms. The summed E-state index contributed by atoms with van der Waals surface area (Å²) in [6.45, 7) is 1.14. The van der Waals surface area contributed by atoms with Crippen molar-refractivity contribution in [3.8, 4) is 0 Å². The zero-order chi connectivity index (χ0) is 14.0. The molecular weight excluding hydrogens is 278 g/mol. The van der Waals surface area contributed by atoms with Gasteiger partial charge in [0.15, 0.2) is 0 Å².